The summed E-state index contributed by atoms with van der Waals surface area (Å²) >= 11 is 0. The van der Waals surface area contributed by atoms with Gasteiger partial charge in [-0.2, -0.15) is 5.26 Å². The Hall–Kier alpha value is -1.33. The van der Waals surface area contributed by atoms with E-state index in [1.807, 2.05) is 6.07 Å². The van der Waals surface area contributed by atoms with Crippen molar-refractivity contribution < 1.29 is 0 Å². The first-order valence-corrected chi connectivity index (χ1v) is 6.00. The van der Waals surface area contributed by atoms with E-state index >= 15 is 0 Å². The fraction of sp³-hybridized carbons (Fsp3) is 0.500. The zero-order valence-corrected chi connectivity index (χ0v) is 9.76. The van der Waals surface area contributed by atoms with Gasteiger partial charge >= 0.3 is 0 Å². The maximum Gasteiger partial charge on any atom is 0.0641 e. The zero-order valence-electron chi connectivity index (χ0n) is 9.76. The molecule has 2 atom stereocenters. The number of likely N-dealkylation sites (tertiary alicyclic amines) is 1. The molecule has 0 N–H and O–H groups in total. The number of nitrogens with zero attached hydrogens (tertiary/aromatic N) is 2. The number of hydrogen-bond donors (Lipinski definition) is 0. The van der Waals surface area contributed by atoms with Crippen molar-refractivity contribution in [3.8, 4) is 6.07 Å². The molecule has 2 heteroatoms. The lowest BCUT2D eigenvalue weighted by molar-refractivity contribution is 0.193. The van der Waals surface area contributed by atoms with Crippen LogP contribution < -0.4 is 0 Å². The van der Waals surface area contributed by atoms with Gasteiger partial charge in [0.25, 0.3) is 0 Å². The van der Waals surface area contributed by atoms with Crippen LogP contribution in [0.5, 0.6) is 0 Å². The summed E-state index contributed by atoms with van der Waals surface area (Å²) in [5, 5.41) is 8.97. The Balaban J connectivity index is 2.21. The van der Waals surface area contributed by atoms with Crippen LogP contribution in [0.15, 0.2) is 30.3 Å². The second kappa shape index (κ2) is 5.14. The van der Waals surface area contributed by atoms with Crippen molar-refractivity contribution in [2.75, 3.05) is 6.54 Å². The van der Waals surface area contributed by atoms with Gasteiger partial charge in [0.1, 0.15) is 0 Å². The van der Waals surface area contributed by atoms with Crippen LogP contribution in [0.3, 0.4) is 0 Å². The Morgan fingerprint density at radius 3 is 2.75 bits per heavy atom. The molecule has 1 saturated heterocycles. The van der Waals surface area contributed by atoms with Gasteiger partial charge in [0.2, 0.25) is 0 Å². The van der Waals surface area contributed by atoms with Gasteiger partial charge < -0.3 is 0 Å². The molecule has 0 radical (unpaired) electrons. The molecule has 1 aromatic rings. The van der Waals surface area contributed by atoms with Crippen LogP contribution in [0.1, 0.15) is 37.8 Å². The van der Waals surface area contributed by atoms with E-state index in [2.05, 4.69) is 42.2 Å². The summed E-state index contributed by atoms with van der Waals surface area (Å²) in [6.07, 6.45) is 3.11. The Morgan fingerprint density at radius 2 is 2.19 bits per heavy atom. The van der Waals surface area contributed by atoms with E-state index in [-0.39, 0.29) is 6.04 Å². The first kappa shape index (κ1) is 11.2. The van der Waals surface area contributed by atoms with Crippen molar-refractivity contribution in [2.24, 2.45) is 0 Å². The molecule has 1 fully saturated rings. The second-order valence-corrected chi connectivity index (χ2v) is 4.52. The van der Waals surface area contributed by atoms with Crippen LogP contribution in [0.4, 0.5) is 0 Å². The minimum Gasteiger partial charge on any atom is -0.293 e. The van der Waals surface area contributed by atoms with E-state index in [1.54, 1.807) is 0 Å². The third-order valence-corrected chi connectivity index (χ3v) is 3.47. The fourth-order valence-corrected chi connectivity index (χ4v) is 2.61. The number of benzene rings is 1. The van der Waals surface area contributed by atoms with Gasteiger partial charge in [-0.3, -0.25) is 4.90 Å². The number of hydrogen-bond acceptors (Lipinski definition) is 2. The molecule has 1 aliphatic heterocycles. The van der Waals surface area contributed by atoms with Crippen molar-refractivity contribution in [3.63, 3.8) is 0 Å². The van der Waals surface area contributed by atoms with Crippen molar-refractivity contribution in [3.05, 3.63) is 35.9 Å². The van der Waals surface area contributed by atoms with Crippen LogP contribution >= 0.6 is 0 Å². The fourth-order valence-electron chi connectivity index (χ4n) is 2.61. The monoisotopic (exact) mass is 214 g/mol. The molecule has 2 nitrogen and oxygen atoms in total. The maximum absolute atomic E-state index is 8.97. The Labute approximate surface area is 97.5 Å². The zero-order chi connectivity index (χ0) is 11.4. The van der Waals surface area contributed by atoms with E-state index in [4.69, 9.17) is 5.26 Å². The number of rotatable bonds is 3. The molecule has 1 heterocycles. The molecule has 16 heavy (non-hydrogen) atoms. The largest absolute Gasteiger partial charge is 0.293 e. The molecule has 0 aromatic heterocycles. The topological polar surface area (TPSA) is 27.0 Å². The average molecular weight is 214 g/mol. The summed E-state index contributed by atoms with van der Waals surface area (Å²) in [4.78, 5) is 2.47. The van der Waals surface area contributed by atoms with Crippen LogP contribution in [-0.2, 0) is 0 Å². The van der Waals surface area contributed by atoms with E-state index in [0.717, 1.165) is 6.54 Å². The lowest BCUT2D eigenvalue weighted by Gasteiger charge is -2.30. The summed E-state index contributed by atoms with van der Waals surface area (Å²) in [5.41, 5.74) is 1.28. The van der Waals surface area contributed by atoms with Crippen LogP contribution in [0.2, 0.25) is 0 Å². The van der Waals surface area contributed by atoms with Crippen molar-refractivity contribution in [2.45, 2.75) is 38.3 Å². The third-order valence-electron chi connectivity index (χ3n) is 3.47. The van der Waals surface area contributed by atoms with E-state index in [9.17, 15) is 0 Å². The standard InChI is InChI=1S/C14H18N2/c1-12-6-5-11-16(12)14(9-10-15)13-7-3-2-4-8-13/h2-4,7-8,12,14H,5-6,9,11H2,1H3. The summed E-state index contributed by atoms with van der Waals surface area (Å²) < 4.78 is 0. The minimum absolute atomic E-state index is 0.281. The second-order valence-electron chi connectivity index (χ2n) is 4.52. The van der Waals surface area contributed by atoms with E-state index in [0.29, 0.717) is 12.5 Å². The third kappa shape index (κ3) is 2.25. The van der Waals surface area contributed by atoms with Crippen LogP contribution in [-0.4, -0.2) is 17.5 Å². The van der Waals surface area contributed by atoms with Gasteiger partial charge in [-0.25, -0.2) is 0 Å². The Bertz CT molecular complexity index is 366. The number of nitriles is 1. The molecule has 0 spiro atoms. The Morgan fingerprint density at radius 1 is 1.44 bits per heavy atom. The lowest BCUT2D eigenvalue weighted by atomic mass is 10.0. The van der Waals surface area contributed by atoms with Crippen LogP contribution in [0.25, 0.3) is 0 Å². The molecule has 84 valence electrons. The van der Waals surface area contributed by atoms with Gasteiger partial charge in [0.15, 0.2) is 0 Å². The molecular weight excluding hydrogens is 196 g/mol. The SMILES string of the molecule is CC1CCCN1C(CC#N)c1ccccc1. The highest BCUT2D eigenvalue weighted by molar-refractivity contribution is 5.20. The molecule has 1 aliphatic rings. The van der Waals surface area contributed by atoms with Gasteiger partial charge in [0, 0.05) is 12.1 Å². The first-order chi connectivity index (χ1) is 7.83. The summed E-state index contributed by atoms with van der Waals surface area (Å²) in [6.45, 7) is 3.39. The highest BCUT2D eigenvalue weighted by Gasteiger charge is 2.28. The van der Waals surface area contributed by atoms with E-state index < -0.39 is 0 Å². The van der Waals surface area contributed by atoms with Crippen LogP contribution in [0, 0.1) is 11.3 Å². The summed E-state index contributed by atoms with van der Waals surface area (Å²) in [7, 11) is 0. The summed E-state index contributed by atoms with van der Waals surface area (Å²) in [6, 6.07) is 13.6. The van der Waals surface area contributed by atoms with Crippen molar-refractivity contribution >= 4 is 0 Å². The molecule has 0 aliphatic carbocycles. The van der Waals surface area contributed by atoms with Gasteiger partial charge in [-0.05, 0) is 31.9 Å². The minimum atomic E-state index is 0.281. The van der Waals surface area contributed by atoms with Crippen molar-refractivity contribution in [1.29, 1.82) is 5.26 Å². The smallest absolute Gasteiger partial charge is 0.0641 e. The first-order valence-electron chi connectivity index (χ1n) is 6.00. The molecule has 2 rings (SSSR count). The molecule has 0 saturated carbocycles. The maximum atomic E-state index is 8.97. The highest BCUT2D eigenvalue weighted by atomic mass is 15.2. The Kier molecular flexibility index (Phi) is 3.58. The molecule has 0 bridgehead atoms. The average Bonchev–Trinajstić information content (AvgIpc) is 2.73. The molecule has 0 amide bonds. The molecule has 2 unspecified atom stereocenters. The lowest BCUT2D eigenvalue weighted by Crippen LogP contribution is -2.31. The van der Waals surface area contributed by atoms with Gasteiger partial charge in [0.05, 0.1) is 12.5 Å². The quantitative estimate of drug-likeness (QED) is 0.773. The molecular formula is C14H18N2. The predicted molar refractivity (Wildman–Crippen MR) is 64.8 cm³/mol. The highest BCUT2D eigenvalue weighted by Crippen LogP contribution is 2.31. The predicted octanol–water partition coefficient (Wildman–Crippen LogP) is 3.13. The van der Waals surface area contributed by atoms with Gasteiger partial charge in [-0.15, -0.1) is 0 Å². The van der Waals surface area contributed by atoms with Crippen molar-refractivity contribution in [1.82, 2.24) is 4.90 Å². The van der Waals surface area contributed by atoms with E-state index in [1.165, 1.54) is 18.4 Å². The normalized spacial score (nSPS) is 22.9. The molecule has 1 aromatic carbocycles. The summed E-state index contributed by atoms with van der Waals surface area (Å²) in [5.74, 6) is 0. The van der Waals surface area contributed by atoms with Gasteiger partial charge in [-0.1, -0.05) is 30.3 Å².